The Labute approximate surface area is 144 Å². The number of hydrogen-bond acceptors (Lipinski definition) is 5. The first-order valence-electron chi connectivity index (χ1n) is 7.63. The lowest BCUT2D eigenvalue weighted by molar-refractivity contribution is 0.415. The summed E-state index contributed by atoms with van der Waals surface area (Å²) < 4.78 is 11.2. The molecule has 0 bridgehead atoms. The van der Waals surface area contributed by atoms with Crippen LogP contribution in [0.3, 0.4) is 0 Å². The Balaban J connectivity index is 1.79. The second-order valence-electron chi connectivity index (χ2n) is 5.46. The Morgan fingerprint density at radius 1 is 1.04 bits per heavy atom. The predicted octanol–water partition coefficient (Wildman–Crippen LogP) is 4.57. The second kappa shape index (κ2) is 6.17. The third-order valence-corrected chi connectivity index (χ3v) is 4.74. The van der Waals surface area contributed by atoms with Crippen LogP contribution in [0.4, 0.5) is 0 Å². The van der Waals surface area contributed by atoms with Crippen molar-refractivity contribution < 1.29 is 9.47 Å². The van der Waals surface area contributed by atoms with Crippen molar-refractivity contribution in [3.05, 3.63) is 59.7 Å². The molecule has 0 amide bonds. The molecule has 4 rings (SSSR count). The molecule has 0 radical (unpaired) electrons. The highest BCUT2D eigenvalue weighted by molar-refractivity contribution is 7.98. The number of nitrogens with zero attached hydrogens (tertiary/aromatic N) is 2. The molecule has 4 nitrogen and oxygen atoms in total. The zero-order valence-electron chi connectivity index (χ0n) is 13.4. The van der Waals surface area contributed by atoms with E-state index >= 15 is 0 Å². The van der Waals surface area contributed by atoms with E-state index < -0.39 is 0 Å². The van der Waals surface area contributed by atoms with E-state index in [-0.39, 0.29) is 0 Å². The Morgan fingerprint density at radius 2 is 1.83 bits per heavy atom. The minimum absolute atomic E-state index is 0.652. The van der Waals surface area contributed by atoms with E-state index in [0.717, 1.165) is 34.1 Å². The highest BCUT2D eigenvalue weighted by atomic mass is 32.2. The van der Waals surface area contributed by atoms with Gasteiger partial charge in [-0.2, -0.15) is 4.98 Å². The normalized spacial score (nSPS) is 12.1. The first-order chi connectivity index (χ1) is 11.8. The number of ether oxygens (including phenoxy) is 2. The predicted molar refractivity (Wildman–Crippen MR) is 95.1 cm³/mol. The van der Waals surface area contributed by atoms with E-state index in [0.29, 0.717) is 11.7 Å². The lowest BCUT2D eigenvalue weighted by Gasteiger charge is -2.21. The standard InChI is InChI=1S/C19H16N2O2S/c1-22-14-9-7-12(8-10-14)17-20-18-15(19(21-17)24-2)11-13-5-3-4-6-16(13)23-18/h3-10H,11H2,1-2H3. The average molecular weight is 336 g/mol. The van der Waals surface area contributed by atoms with Crippen LogP contribution < -0.4 is 9.47 Å². The van der Waals surface area contributed by atoms with Crippen molar-refractivity contribution in [2.75, 3.05) is 13.4 Å². The summed E-state index contributed by atoms with van der Waals surface area (Å²) in [6.45, 7) is 0. The first kappa shape index (κ1) is 15.0. The number of benzene rings is 2. The Hall–Kier alpha value is -2.53. The zero-order chi connectivity index (χ0) is 16.5. The van der Waals surface area contributed by atoms with Crippen LogP contribution in [0.2, 0.25) is 0 Å². The van der Waals surface area contributed by atoms with E-state index in [4.69, 9.17) is 14.5 Å². The Morgan fingerprint density at radius 3 is 2.58 bits per heavy atom. The molecule has 0 spiro atoms. The van der Waals surface area contributed by atoms with Crippen molar-refractivity contribution in [3.8, 4) is 28.8 Å². The van der Waals surface area contributed by atoms with Gasteiger partial charge in [-0.15, -0.1) is 11.8 Å². The number of aromatic nitrogens is 2. The van der Waals surface area contributed by atoms with Gasteiger partial charge < -0.3 is 9.47 Å². The number of para-hydroxylation sites is 1. The van der Waals surface area contributed by atoms with Crippen molar-refractivity contribution in [2.45, 2.75) is 11.4 Å². The molecule has 0 unspecified atom stereocenters. The maximum atomic E-state index is 6.04. The summed E-state index contributed by atoms with van der Waals surface area (Å²) in [5.41, 5.74) is 3.16. The van der Waals surface area contributed by atoms with Crippen LogP contribution in [-0.2, 0) is 6.42 Å². The van der Waals surface area contributed by atoms with Gasteiger partial charge in [-0.05, 0) is 42.2 Å². The molecule has 5 heteroatoms. The highest BCUT2D eigenvalue weighted by Crippen LogP contribution is 2.39. The molecule has 0 atom stereocenters. The summed E-state index contributed by atoms with van der Waals surface area (Å²) >= 11 is 1.62. The molecule has 24 heavy (non-hydrogen) atoms. The largest absolute Gasteiger partial charge is 0.497 e. The van der Waals surface area contributed by atoms with Crippen LogP contribution in [0.15, 0.2) is 53.6 Å². The summed E-state index contributed by atoms with van der Waals surface area (Å²) in [6, 6.07) is 15.8. The monoisotopic (exact) mass is 336 g/mol. The van der Waals surface area contributed by atoms with Gasteiger partial charge in [0.15, 0.2) is 5.82 Å². The van der Waals surface area contributed by atoms with Gasteiger partial charge in [0, 0.05) is 12.0 Å². The molecule has 2 heterocycles. The quantitative estimate of drug-likeness (QED) is 0.405. The molecule has 0 N–H and O–H groups in total. The topological polar surface area (TPSA) is 44.2 Å². The molecule has 120 valence electrons. The molecule has 2 aromatic carbocycles. The molecule has 0 fully saturated rings. The van der Waals surface area contributed by atoms with Gasteiger partial charge >= 0.3 is 0 Å². The van der Waals surface area contributed by atoms with Crippen molar-refractivity contribution >= 4 is 11.8 Å². The number of hydrogen-bond donors (Lipinski definition) is 0. The van der Waals surface area contributed by atoms with E-state index in [9.17, 15) is 0 Å². The van der Waals surface area contributed by atoms with Gasteiger partial charge in [-0.25, -0.2) is 4.98 Å². The lowest BCUT2D eigenvalue weighted by atomic mass is 10.0. The SMILES string of the molecule is COc1ccc(-c2nc3c(c(SC)n2)Cc2ccccc2O3)cc1. The molecule has 1 aliphatic heterocycles. The van der Waals surface area contributed by atoms with Gasteiger partial charge in [-0.3, -0.25) is 0 Å². The lowest BCUT2D eigenvalue weighted by Crippen LogP contribution is -2.08. The van der Waals surface area contributed by atoms with E-state index in [1.165, 1.54) is 5.56 Å². The number of fused-ring (bicyclic) bond motifs is 2. The molecule has 0 saturated heterocycles. The van der Waals surface area contributed by atoms with Crippen LogP contribution in [0.25, 0.3) is 11.4 Å². The van der Waals surface area contributed by atoms with E-state index in [1.54, 1.807) is 18.9 Å². The van der Waals surface area contributed by atoms with E-state index in [1.807, 2.05) is 48.7 Å². The summed E-state index contributed by atoms with van der Waals surface area (Å²) in [7, 11) is 1.65. The summed E-state index contributed by atoms with van der Waals surface area (Å²) in [5, 5.41) is 0.959. The third kappa shape index (κ3) is 2.61. The van der Waals surface area contributed by atoms with Crippen molar-refractivity contribution in [1.29, 1.82) is 0 Å². The molecule has 1 aliphatic rings. The van der Waals surface area contributed by atoms with Crippen LogP contribution >= 0.6 is 11.8 Å². The third-order valence-electron chi connectivity index (χ3n) is 4.02. The summed E-state index contributed by atoms with van der Waals surface area (Å²) in [6.07, 6.45) is 2.82. The maximum absolute atomic E-state index is 6.04. The van der Waals surface area contributed by atoms with Crippen LogP contribution in [0, 0.1) is 0 Å². The number of thioether (sulfide) groups is 1. The molecular weight excluding hydrogens is 320 g/mol. The minimum Gasteiger partial charge on any atom is -0.497 e. The average Bonchev–Trinajstić information content (AvgIpc) is 2.65. The second-order valence-corrected chi connectivity index (χ2v) is 6.25. The maximum Gasteiger partial charge on any atom is 0.227 e. The van der Waals surface area contributed by atoms with Crippen molar-refractivity contribution in [3.63, 3.8) is 0 Å². The van der Waals surface area contributed by atoms with Crippen molar-refractivity contribution in [2.24, 2.45) is 0 Å². The zero-order valence-corrected chi connectivity index (χ0v) is 14.3. The van der Waals surface area contributed by atoms with Gasteiger partial charge in [0.1, 0.15) is 16.5 Å². The van der Waals surface area contributed by atoms with Crippen LogP contribution in [-0.4, -0.2) is 23.3 Å². The van der Waals surface area contributed by atoms with Gasteiger partial charge in [0.2, 0.25) is 5.88 Å². The van der Waals surface area contributed by atoms with Gasteiger partial charge in [-0.1, -0.05) is 18.2 Å². The fourth-order valence-corrected chi connectivity index (χ4v) is 3.35. The Bertz CT molecular complexity index is 894. The molecule has 0 aliphatic carbocycles. The molecule has 3 aromatic rings. The van der Waals surface area contributed by atoms with Crippen LogP contribution in [0.1, 0.15) is 11.1 Å². The number of methoxy groups -OCH3 is 1. The van der Waals surface area contributed by atoms with Crippen LogP contribution in [0.5, 0.6) is 17.4 Å². The molecule has 0 saturated carbocycles. The summed E-state index contributed by atoms with van der Waals surface area (Å²) in [5.74, 6) is 3.00. The van der Waals surface area contributed by atoms with Crippen molar-refractivity contribution in [1.82, 2.24) is 9.97 Å². The first-order valence-corrected chi connectivity index (χ1v) is 8.86. The summed E-state index contributed by atoms with van der Waals surface area (Å²) in [4.78, 5) is 9.39. The fraction of sp³-hybridized carbons (Fsp3) is 0.158. The fourth-order valence-electron chi connectivity index (χ4n) is 2.76. The minimum atomic E-state index is 0.652. The highest BCUT2D eigenvalue weighted by Gasteiger charge is 2.23. The smallest absolute Gasteiger partial charge is 0.227 e. The molecule has 1 aromatic heterocycles. The van der Waals surface area contributed by atoms with Gasteiger partial charge in [0.25, 0.3) is 0 Å². The van der Waals surface area contributed by atoms with Gasteiger partial charge in [0.05, 0.1) is 12.7 Å². The molecular formula is C19H16N2O2S. The number of rotatable bonds is 3. The van der Waals surface area contributed by atoms with E-state index in [2.05, 4.69) is 11.1 Å². The Kier molecular flexibility index (Phi) is 3.86.